The van der Waals surface area contributed by atoms with Crippen molar-refractivity contribution in [1.82, 2.24) is 20.4 Å². The van der Waals surface area contributed by atoms with Gasteiger partial charge in [-0.25, -0.2) is 0 Å². The topological polar surface area (TPSA) is 63.5 Å². The number of rotatable bonds is 8. The van der Waals surface area contributed by atoms with Crippen LogP contribution in [-0.4, -0.2) is 43.0 Å². The van der Waals surface area contributed by atoms with Gasteiger partial charge in [-0.2, -0.15) is 5.10 Å². The molecule has 0 fully saturated rings. The van der Waals surface area contributed by atoms with Crippen LogP contribution in [0, 0.1) is 13.8 Å². The monoisotopic (exact) mass is 343 g/mol. The smallest absolute Gasteiger partial charge is 0.191 e. The fraction of sp³-hybridized carbons (Fsp3) is 0.474. The van der Waals surface area contributed by atoms with Crippen molar-refractivity contribution in [3.05, 3.63) is 52.8 Å². The first-order valence-electron chi connectivity index (χ1n) is 8.66. The molecule has 2 aromatic rings. The largest absolute Gasteiger partial charge is 0.385 e. The molecule has 1 heterocycles. The Morgan fingerprint density at radius 1 is 1.20 bits per heavy atom. The molecule has 2 N–H and O–H groups in total. The number of aromatic nitrogens is 2. The van der Waals surface area contributed by atoms with E-state index in [2.05, 4.69) is 58.4 Å². The van der Waals surface area contributed by atoms with Gasteiger partial charge < -0.3 is 15.4 Å². The van der Waals surface area contributed by atoms with Crippen molar-refractivity contribution >= 4 is 5.96 Å². The second-order valence-electron chi connectivity index (χ2n) is 5.99. The van der Waals surface area contributed by atoms with Gasteiger partial charge in [0.25, 0.3) is 0 Å². The van der Waals surface area contributed by atoms with Crippen LogP contribution in [0.25, 0.3) is 0 Å². The van der Waals surface area contributed by atoms with E-state index in [1.807, 2.05) is 6.07 Å². The Labute approximate surface area is 150 Å². The molecule has 0 saturated heterocycles. The van der Waals surface area contributed by atoms with Crippen LogP contribution in [-0.2, 0) is 17.8 Å². The molecule has 6 heteroatoms. The van der Waals surface area contributed by atoms with Gasteiger partial charge in [-0.3, -0.25) is 9.67 Å². The first kappa shape index (κ1) is 19.0. The number of nitrogens with zero attached hydrogens (tertiary/aromatic N) is 3. The Balaban J connectivity index is 1.95. The molecule has 25 heavy (non-hydrogen) atoms. The summed E-state index contributed by atoms with van der Waals surface area (Å²) in [5, 5.41) is 11.4. The number of aryl methyl sites for hydroxylation is 1. The van der Waals surface area contributed by atoms with Gasteiger partial charge in [0, 0.05) is 45.1 Å². The molecule has 0 amide bonds. The second-order valence-corrected chi connectivity index (χ2v) is 5.99. The average molecular weight is 343 g/mol. The Bertz CT molecular complexity index is 679. The predicted octanol–water partition coefficient (Wildman–Crippen LogP) is 2.25. The van der Waals surface area contributed by atoms with Gasteiger partial charge in [-0.1, -0.05) is 30.3 Å². The average Bonchev–Trinajstić information content (AvgIpc) is 2.89. The Kier molecular flexibility index (Phi) is 7.47. The van der Waals surface area contributed by atoms with Gasteiger partial charge >= 0.3 is 0 Å². The SMILES string of the molecule is CN=C(NCCCOC)NCc1c(C)nn(Cc2ccccc2)c1C. The van der Waals surface area contributed by atoms with Gasteiger partial charge in [0.1, 0.15) is 0 Å². The molecule has 6 nitrogen and oxygen atoms in total. The molecule has 0 atom stereocenters. The number of nitrogens with one attached hydrogen (secondary N) is 2. The summed E-state index contributed by atoms with van der Waals surface area (Å²) in [6.07, 6.45) is 0.949. The molecule has 1 aromatic heterocycles. The van der Waals surface area contributed by atoms with E-state index in [0.717, 1.165) is 37.8 Å². The van der Waals surface area contributed by atoms with E-state index in [1.54, 1.807) is 14.2 Å². The summed E-state index contributed by atoms with van der Waals surface area (Å²) in [4.78, 5) is 4.26. The number of ether oxygens (including phenoxy) is 1. The minimum atomic E-state index is 0.705. The zero-order chi connectivity index (χ0) is 18.1. The van der Waals surface area contributed by atoms with Crippen LogP contribution in [0.15, 0.2) is 35.3 Å². The summed E-state index contributed by atoms with van der Waals surface area (Å²) in [5.41, 5.74) is 4.71. The first-order chi connectivity index (χ1) is 12.2. The Morgan fingerprint density at radius 2 is 1.96 bits per heavy atom. The molecular weight excluding hydrogens is 314 g/mol. The highest BCUT2D eigenvalue weighted by molar-refractivity contribution is 5.79. The normalized spacial score (nSPS) is 11.6. The van der Waals surface area contributed by atoms with Gasteiger partial charge in [0.2, 0.25) is 0 Å². The fourth-order valence-electron chi connectivity index (χ4n) is 2.72. The third kappa shape index (κ3) is 5.60. The number of hydrogen-bond acceptors (Lipinski definition) is 3. The summed E-state index contributed by atoms with van der Waals surface area (Å²) in [6, 6.07) is 10.4. The van der Waals surface area contributed by atoms with Crippen LogP contribution < -0.4 is 10.6 Å². The van der Waals surface area contributed by atoms with E-state index in [9.17, 15) is 0 Å². The summed E-state index contributed by atoms with van der Waals surface area (Å²) in [7, 11) is 3.50. The van der Waals surface area contributed by atoms with Crippen LogP contribution in [0.4, 0.5) is 0 Å². The lowest BCUT2D eigenvalue weighted by Crippen LogP contribution is -2.37. The molecule has 0 unspecified atom stereocenters. The zero-order valence-electron chi connectivity index (χ0n) is 15.7. The summed E-state index contributed by atoms with van der Waals surface area (Å²) in [6.45, 7) is 7.25. The van der Waals surface area contributed by atoms with E-state index < -0.39 is 0 Å². The number of methoxy groups -OCH3 is 1. The maximum atomic E-state index is 5.06. The van der Waals surface area contributed by atoms with Crippen LogP contribution in [0.1, 0.15) is 28.9 Å². The maximum Gasteiger partial charge on any atom is 0.191 e. The van der Waals surface area contributed by atoms with E-state index in [-0.39, 0.29) is 0 Å². The first-order valence-corrected chi connectivity index (χ1v) is 8.66. The van der Waals surface area contributed by atoms with Gasteiger partial charge in [-0.05, 0) is 25.8 Å². The van der Waals surface area contributed by atoms with Crippen molar-refractivity contribution in [3.63, 3.8) is 0 Å². The number of hydrogen-bond donors (Lipinski definition) is 2. The molecule has 0 aliphatic heterocycles. The standard InChI is InChI=1S/C19H29N5O/c1-15-18(13-22-19(20-3)21-11-8-12-25-4)16(2)24(23-15)14-17-9-6-5-7-10-17/h5-7,9-10H,8,11-14H2,1-4H3,(H2,20,21,22). The van der Waals surface area contributed by atoms with Crippen molar-refractivity contribution < 1.29 is 4.74 Å². The van der Waals surface area contributed by atoms with Crippen molar-refractivity contribution in [2.45, 2.75) is 33.4 Å². The van der Waals surface area contributed by atoms with Crippen LogP contribution in [0.2, 0.25) is 0 Å². The van der Waals surface area contributed by atoms with E-state index in [4.69, 9.17) is 9.84 Å². The highest BCUT2D eigenvalue weighted by Crippen LogP contribution is 2.14. The Morgan fingerprint density at radius 3 is 2.64 bits per heavy atom. The molecule has 0 bridgehead atoms. The fourth-order valence-corrected chi connectivity index (χ4v) is 2.72. The second kappa shape index (κ2) is 9.84. The quantitative estimate of drug-likeness (QED) is 0.438. The van der Waals surface area contributed by atoms with E-state index in [0.29, 0.717) is 6.54 Å². The third-order valence-electron chi connectivity index (χ3n) is 4.18. The summed E-state index contributed by atoms with van der Waals surface area (Å²) >= 11 is 0. The molecule has 0 radical (unpaired) electrons. The number of guanidine groups is 1. The highest BCUT2D eigenvalue weighted by atomic mass is 16.5. The third-order valence-corrected chi connectivity index (χ3v) is 4.18. The Hall–Kier alpha value is -2.34. The summed E-state index contributed by atoms with van der Waals surface area (Å²) in [5.74, 6) is 0.797. The lowest BCUT2D eigenvalue weighted by Gasteiger charge is -2.12. The maximum absolute atomic E-state index is 5.06. The molecule has 0 saturated carbocycles. The van der Waals surface area contributed by atoms with Gasteiger partial charge in [-0.15, -0.1) is 0 Å². The van der Waals surface area contributed by atoms with Gasteiger partial charge in [0.05, 0.1) is 12.2 Å². The van der Waals surface area contributed by atoms with E-state index in [1.165, 1.54) is 16.8 Å². The van der Waals surface area contributed by atoms with Crippen LogP contribution in [0.3, 0.4) is 0 Å². The summed E-state index contributed by atoms with van der Waals surface area (Å²) < 4.78 is 7.12. The zero-order valence-corrected chi connectivity index (χ0v) is 15.7. The molecule has 0 spiro atoms. The molecule has 2 rings (SSSR count). The molecule has 1 aromatic carbocycles. The molecule has 136 valence electrons. The van der Waals surface area contributed by atoms with Crippen molar-refractivity contribution in [2.24, 2.45) is 4.99 Å². The molecule has 0 aliphatic carbocycles. The van der Waals surface area contributed by atoms with Crippen LogP contribution >= 0.6 is 0 Å². The molecular formula is C19H29N5O. The number of benzene rings is 1. The lowest BCUT2D eigenvalue weighted by atomic mass is 10.2. The van der Waals surface area contributed by atoms with Gasteiger partial charge in [0.15, 0.2) is 5.96 Å². The number of aliphatic imine (C=N–C) groups is 1. The lowest BCUT2D eigenvalue weighted by molar-refractivity contribution is 0.195. The van der Waals surface area contributed by atoms with Crippen molar-refractivity contribution in [1.29, 1.82) is 0 Å². The predicted molar refractivity (Wildman–Crippen MR) is 102 cm³/mol. The molecule has 0 aliphatic rings. The van der Waals surface area contributed by atoms with Crippen LogP contribution in [0.5, 0.6) is 0 Å². The minimum absolute atomic E-state index is 0.705. The minimum Gasteiger partial charge on any atom is -0.385 e. The van der Waals surface area contributed by atoms with Crippen molar-refractivity contribution in [2.75, 3.05) is 27.3 Å². The van der Waals surface area contributed by atoms with E-state index >= 15 is 0 Å². The van der Waals surface area contributed by atoms with Crippen molar-refractivity contribution in [3.8, 4) is 0 Å². The highest BCUT2D eigenvalue weighted by Gasteiger charge is 2.12.